The first-order valence-corrected chi connectivity index (χ1v) is 5.45. The van der Waals surface area contributed by atoms with E-state index < -0.39 is 47.8 Å². The number of alkyl halides is 6. The number of carbonyl (C=O) groups excluding carboxylic acids is 1. The molecule has 0 fully saturated rings. The number of methoxy groups -OCH3 is 2. The Kier molecular flexibility index (Phi) is 5.09. The Hall–Kier alpha value is -2.20. The number of hydrogen-bond donors (Lipinski definition) is 0. The molecule has 0 aliphatic rings. The van der Waals surface area contributed by atoms with Gasteiger partial charge in [-0.15, -0.1) is 13.2 Å². The Morgan fingerprint density at radius 3 is 2.14 bits per heavy atom. The third kappa shape index (κ3) is 4.67. The Bertz CT molecular complexity index is 555. The molecule has 0 amide bonds. The number of aromatic nitrogens is 1. The molecular weight excluding hydrogens is 324 g/mol. The lowest BCUT2D eigenvalue weighted by Crippen LogP contribution is -2.22. The second-order valence-electron chi connectivity index (χ2n) is 3.78. The third-order valence-electron chi connectivity index (χ3n) is 2.28. The van der Waals surface area contributed by atoms with Crippen molar-refractivity contribution < 1.29 is 45.3 Å². The predicted octanol–water partition coefficient (Wildman–Crippen LogP) is 2.72. The van der Waals surface area contributed by atoms with Crippen molar-refractivity contribution >= 4 is 5.97 Å². The number of pyridine rings is 1. The Morgan fingerprint density at radius 2 is 1.73 bits per heavy atom. The fourth-order valence-electron chi connectivity index (χ4n) is 1.43. The van der Waals surface area contributed by atoms with Gasteiger partial charge in [-0.25, -0.2) is 4.98 Å². The lowest BCUT2D eigenvalue weighted by atomic mass is 10.2. The smallest absolute Gasteiger partial charge is 0.495 e. The summed E-state index contributed by atoms with van der Waals surface area (Å²) in [6.07, 6.45) is -11.3. The summed E-state index contributed by atoms with van der Waals surface area (Å²) in [6.45, 7) is 0. The van der Waals surface area contributed by atoms with Crippen LogP contribution in [-0.4, -0.2) is 31.5 Å². The van der Waals surface area contributed by atoms with E-state index in [1.54, 1.807) is 0 Å². The molecule has 0 spiro atoms. The van der Waals surface area contributed by atoms with Gasteiger partial charge in [0.05, 0.1) is 26.3 Å². The van der Waals surface area contributed by atoms with Crippen LogP contribution in [0.1, 0.15) is 11.4 Å². The molecule has 0 N–H and O–H groups in total. The van der Waals surface area contributed by atoms with Crippen LogP contribution in [0.25, 0.3) is 0 Å². The number of esters is 1. The van der Waals surface area contributed by atoms with Crippen LogP contribution in [-0.2, 0) is 22.1 Å². The zero-order valence-electron chi connectivity index (χ0n) is 11.1. The third-order valence-corrected chi connectivity index (χ3v) is 2.28. The number of ether oxygens (including phenoxy) is 3. The molecular formula is C11H9F6NO4. The van der Waals surface area contributed by atoms with Crippen LogP contribution >= 0.6 is 0 Å². The topological polar surface area (TPSA) is 57.7 Å². The first-order chi connectivity index (χ1) is 9.97. The van der Waals surface area contributed by atoms with Crippen LogP contribution in [0.4, 0.5) is 26.3 Å². The van der Waals surface area contributed by atoms with Crippen LogP contribution in [0, 0.1) is 0 Å². The molecule has 0 atom stereocenters. The Labute approximate surface area is 119 Å². The first-order valence-electron chi connectivity index (χ1n) is 5.45. The van der Waals surface area contributed by atoms with Crippen molar-refractivity contribution in [3.8, 4) is 11.5 Å². The molecule has 11 heteroatoms. The molecule has 22 heavy (non-hydrogen) atoms. The molecule has 1 rings (SSSR count). The summed E-state index contributed by atoms with van der Waals surface area (Å²) in [6, 6.07) is 0.363. The summed E-state index contributed by atoms with van der Waals surface area (Å²) in [7, 11) is 1.98. The lowest BCUT2D eigenvalue weighted by Gasteiger charge is -2.17. The summed E-state index contributed by atoms with van der Waals surface area (Å²) < 4.78 is 87.1. The van der Waals surface area contributed by atoms with E-state index in [9.17, 15) is 31.1 Å². The van der Waals surface area contributed by atoms with Crippen LogP contribution in [0.3, 0.4) is 0 Å². The fraction of sp³-hybridized carbons (Fsp3) is 0.455. The van der Waals surface area contributed by atoms with E-state index >= 15 is 0 Å². The number of hydrogen-bond acceptors (Lipinski definition) is 5. The monoisotopic (exact) mass is 333 g/mol. The van der Waals surface area contributed by atoms with Gasteiger partial charge in [-0.3, -0.25) is 4.79 Å². The van der Waals surface area contributed by atoms with Gasteiger partial charge in [0.1, 0.15) is 5.75 Å². The Morgan fingerprint density at radius 1 is 1.14 bits per heavy atom. The summed E-state index contributed by atoms with van der Waals surface area (Å²) in [5.41, 5.74) is -2.46. The molecule has 124 valence electrons. The van der Waals surface area contributed by atoms with Gasteiger partial charge in [0.2, 0.25) is 0 Å². The molecule has 0 aromatic carbocycles. The molecule has 1 aromatic rings. The molecule has 1 heterocycles. The highest BCUT2D eigenvalue weighted by Gasteiger charge is 2.42. The van der Waals surface area contributed by atoms with Gasteiger partial charge in [0.15, 0.2) is 11.4 Å². The molecule has 0 unspecified atom stereocenters. The maximum atomic E-state index is 12.8. The van der Waals surface area contributed by atoms with Crippen molar-refractivity contribution in [2.24, 2.45) is 0 Å². The van der Waals surface area contributed by atoms with Crippen molar-refractivity contribution in [3.63, 3.8) is 0 Å². The van der Waals surface area contributed by atoms with E-state index in [-0.39, 0.29) is 0 Å². The molecule has 5 nitrogen and oxygen atoms in total. The lowest BCUT2D eigenvalue weighted by molar-refractivity contribution is -0.276. The second kappa shape index (κ2) is 6.28. The number of nitrogens with zero attached hydrogens (tertiary/aromatic N) is 1. The molecule has 0 saturated carbocycles. The van der Waals surface area contributed by atoms with Gasteiger partial charge in [-0.1, -0.05) is 0 Å². The highest BCUT2D eigenvalue weighted by Crippen LogP contribution is 2.40. The first kappa shape index (κ1) is 17.9. The Balaban J connectivity index is 3.42. The van der Waals surface area contributed by atoms with Crippen molar-refractivity contribution in [3.05, 3.63) is 17.5 Å². The molecule has 0 aliphatic carbocycles. The maximum Gasteiger partial charge on any atom is 0.573 e. The van der Waals surface area contributed by atoms with E-state index in [0.717, 1.165) is 14.2 Å². The summed E-state index contributed by atoms with van der Waals surface area (Å²) >= 11 is 0. The maximum absolute atomic E-state index is 12.8. The largest absolute Gasteiger partial charge is 0.573 e. The van der Waals surface area contributed by atoms with Gasteiger partial charge >= 0.3 is 18.5 Å². The quantitative estimate of drug-likeness (QED) is 0.626. The average molecular weight is 333 g/mol. The predicted molar refractivity (Wildman–Crippen MR) is 58.2 cm³/mol. The van der Waals surface area contributed by atoms with Crippen LogP contribution in [0.2, 0.25) is 0 Å². The van der Waals surface area contributed by atoms with Crippen molar-refractivity contribution in [2.45, 2.75) is 19.0 Å². The SMILES string of the molecule is COC(=O)Cc1nc(C(F)(F)F)c(OC(F)(F)F)cc1OC. The molecule has 0 saturated heterocycles. The van der Waals surface area contributed by atoms with E-state index in [4.69, 9.17) is 0 Å². The van der Waals surface area contributed by atoms with Crippen molar-refractivity contribution in [1.82, 2.24) is 4.98 Å². The zero-order chi connectivity index (χ0) is 17.1. The summed E-state index contributed by atoms with van der Waals surface area (Å²) in [4.78, 5) is 14.1. The molecule has 0 bridgehead atoms. The minimum atomic E-state index is -5.35. The highest BCUT2D eigenvalue weighted by atomic mass is 19.4. The van der Waals surface area contributed by atoms with Gasteiger partial charge in [0.25, 0.3) is 0 Å². The van der Waals surface area contributed by atoms with Crippen molar-refractivity contribution in [1.29, 1.82) is 0 Å². The normalized spacial score (nSPS) is 12.0. The second-order valence-corrected chi connectivity index (χ2v) is 3.78. The zero-order valence-corrected chi connectivity index (χ0v) is 11.1. The summed E-state index contributed by atoms with van der Waals surface area (Å²) in [5, 5.41) is 0. The van der Waals surface area contributed by atoms with Gasteiger partial charge in [-0.2, -0.15) is 13.2 Å². The molecule has 1 aromatic heterocycles. The average Bonchev–Trinajstić information content (AvgIpc) is 2.36. The van der Waals surface area contributed by atoms with Gasteiger partial charge in [-0.05, 0) is 0 Å². The van der Waals surface area contributed by atoms with Crippen LogP contribution in [0.15, 0.2) is 6.07 Å². The van der Waals surface area contributed by atoms with Gasteiger partial charge < -0.3 is 14.2 Å². The molecule has 0 radical (unpaired) electrons. The van der Waals surface area contributed by atoms with Crippen molar-refractivity contribution in [2.75, 3.05) is 14.2 Å². The highest BCUT2D eigenvalue weighted by molar-refractivity contribution is 5.72. The van der Waals surface area contributed by atoms with E-state index in [0.29, 0.717) is 6.07 Å². The minimum absolute atomic E-state index is 0.363. The van der Waals surface area contributed by atoms with Crippen LogP contribution in [0.5, 0.6) is 11.5 Å². The summed E-state index contributed by atoms with van der Waals surface area (Å²) in [5.74, 6) is -2.99. The number of halogens is 6. The van der Waals surface area contributed by atoms with E-state index in [1.165, 1.54) is 0 Å². The van der Waals surface area contributed by atoms with E-state index in [1.807, 2.05) is 0 Å². The number of carbonyl (C=O) groups is 1. The van der Waals surface area contributed by atoms with Crippen LogP contribution < -0.4 is 9.47 Å². The van der Waals surface area contributed by atoms with E-state index in [2.05, 4.69) is 19.2 Å². The fourth-order valence-corrected chi connectivity index (χ4v) is 1.43. The minimum Gasteiger partial charge on any atom is -0.495 e. The number of rotatable bonds is 4. The van der Waals surface area contributed by atoms with Gasteiger partial charge in [0, 0.05) is 6.07 Å². The molecule has 0 aliphatic heterocycles. The standard InChI is InChI=1S/C11H9F6NO4/c1-20-6-4-7(22-11(15,16)17)9(10(12,13)14)18-5(6)3-8(19)21-2/h4H,3H2,1-2H3.